The molecule has 1 saturated heterocycles. The molecular weight excluding hydrogens is 498 g/mol. The molecule has 2 N–H and O–H groups in total. The first-order valence-electron chi connectivity index (χ1n) is 14.2. The second-order valence-corrected chi connectivity index (χ2v) is 11.3. The van der Waals surface area contributed by atoms with E-state index in [2.05, 4.69) is 60.1 Å². The molecule has 1 aromatic heterocycles. The van der Waals surface area contributed by atoms with Crippen molar-refractivity contribution in [2.24, 2.45) is 5.92 Å². The minimum atomic E-state index is -0.326. The fourth-order valence-electron chi connectivity index (χ4n) is 5.95. The lowest BCUT2D eigenvalue weighted by Gasteiger charge is -2.31. The Labute approximate surface area is 236 Å². The number of aryl methyl sites for hydroxylation is 1. The molecule has 0 radical (unpaired) electrons. The summed E-state index contributed by atoms with van der Waals surface area (Å²) in [6.07, 6.45) is 2.78. The smallest absolute Gasteiger partial charge is 0.150 e. The van der Waals surface area contributed by atoms with E-state index in [1.54, 1.807) is 12.1 Å². The quantitative estimate of drug-likeness (QED) is 0.261. The first-order valence-corrected chi connectivity index (χ1v) is 14.2. The fraction of sp³-hybridized carbons (Fsp3) is 0.324. The van der Waals surface area contributed by atoms with Crippen molar-refractivity contribution in [3.63, 3.8) is 0 Å². The summed E-state index contributed by atoms with van der Waals surface area (Å²) in [4.78, 5) is 2.51. The molecular formula is C34H37N3O3. The lowest BCUT2D eigenvalue weighted by molar-refractivity contribution is 0.169. The zero-order valence-corrected chi connectivity index (χ0v) is 23.6. The normalized spacial score (nSPS) is 19.8. The standard InChI is InChI=1S/C34H37N3O3/c1-21-14-15-37(19-21)23(3)20-39-29-11-8-25(9-12-29)34-32(26-6-5-7-28(38)16-26)24(4)30-17-27(10-13-31(30)40-34)33-22(2)18-35-36-33/h5-13,16-18,21,23,34,38H,14-15,19-20H2,1-4H3,(H,35,36)/t21-,23+,34?/m1/s1. The zero-order chi connectivity index (χ0) is 27.8. The molecule has 0 spiro atoms. The SMILES string of the molecule is CC1=C(c2cccc(O)c2)C(c2ccc(OC[C@H](C)N3CC[C@@H](C)C3)cc2)Oc2ccc(-c3[nH]ncc3C)cc21. The number of aromatic hydroxyl groups is 1. The van der Waals surface area contributed by atoms with Gasteiger partial charge < -0.3 is 14.6 Å². The van der Waals surface area contributed by atoms with Crippen LogP contribution in [-0.2, 0) is 0 Å². The number of nitrogens with zero attached hydrogens (tertiary/aromatic N) is 2. The largest absolute Gasteiger partial charge is 0.508 e. The Morgan fingerprint density at radius 2 is 1.90 bits per heavy atom. The molecule has 2 aliphatic rings. The van der Waals surface area contributed by atoms with Gasteiger partial charge in [-0.25, -0.2) is 0 Å². The maximum absolute atomic E-state index is 10.3. The van der Waals surface area contributed by atoms with Crippen molar-refractivity contribution in [3.05, 3.63) is 95.2 Å². The molecule has 6 rings (SSSR count). The summed E-state index contributed by atoms with van der Waals surface area (Å²) in [5.41, 5.74) is 8.31. The predicted molar refractivity (Wildman–Crippen MR) is 159 cm³/mol. The van der Waals surface area contributed by atoms with Gasteiger partial charge in [0.05, 0.1) is 11.9 Å². The molecule has 0 aliphatic carbocycles. The van der Waals surface area contributed by atoms with Gasteiger partial charge in [-0.1, -0.05) is 31.2 Å². The van der Waals surface area contributed by atoms with E-state index in [4.69, 9.17) is 9.47 Å². The number of phenolic OH excluding ortho intramolecular Hbond substituents is 1. The Balaban J connectivity index is 1.30. The van der Waals surface area contributed by atoms with Crippen LogP contribution < -0.4 is 9.47 Å². The Kier molecular flexibility index (Phi) is 7.11. The first-order chi connectivity index (χ1) is 19.4. The first kappa shape index (κ1) is 26.2. The van der Waals surface area contributed by atoms with Crippen LogP contribution >= 0.6 is 0 Å². The average molecular weight is 536 g/mol. The summed E-state index contributed by atoms with van der Waals surface area (Å²) in [6, 6.07) is 22.3. The van der Waals surface area contributed by atoms with Crippen LogP contribution in [0.4, 0.5) is 0 Å². The van der Waals surface area contributed by atoms with E-state index < -0.39 is 0 Å². The maximum atomic E-state index is 10.3. The Hall–Kier alpha value is -4.03. The lowest BCUT2D eigenvalue weighted by atomic mass is 9.85. The number of benzene rings is 3. The fourth-order valence-corrected chi connectivity index (χ4v) is 5.95. The van der Waals surface area contributed by atoms with Crippen LogP contribution in [0.5, 0.6) is 17.2 Å². The number of ether oxygens (including phenoxy) is 2. The van der Waals surface area contributed by atoms with Gasteiger partial charge in [-0.05, 0) is 104 Å². The number of allylic oxidation sites excluding steroid dienone is 1. The van der Waals surface area contributed by atoms with Crippen molar-refractivity contribution in [1.29, 1.82) is 0 Å². The topological polar surface area (TPSA) is 70.6 Å². The maximum Gasteiger partial charge on any atom is 0.150 e. The molecule has 3 aromatic carbocycles. The monoisotopic (exact) mass is 535 g/mol. The van der Waals surface area contributed by atoms with Crippen LogP contribution in [0.2, 0.25) is 0 Å². The van der Waals surface area contributed by atoms with Crippen LogP contribution in [0.3, 0.4) is 0 Å². The van der Waals surface area contributed by atoms with E-state index in [-0.39, 0.29) is 11.9 Å². The van der Waals surface area contributed by atoms with E-state index in [0.29, 0.717) is 12.6 Å². The highest BCUT2D eigenvalue weighted by Crippen LogP contribution is 2.48. The van der Waals surface area contributed by atoms with E-state index in [0.717, 1.165) is 75.2 Å². The van der Waals surface area contributed by atoms with Crippen molar-refractivity contribution in [1.82, 2.24) is 15.1 Å². The third kappa shape index (κ3) is 5.11. The van der Waals surface area contributed by atoms with Gasteiger partial charge >= 0.3 is 0 Å². The number of phenols is 1. The molecule has 4 aromatic rings. The highest BCUT2D eigenvalue weighted by Gasteiger charge is 2.30. The van der Waals surface area contributed by atoms with Crippen LogP contribution in [0.15, 0.2) is 72.9 Å². The minimum Gasteiger partial charge on any atom is -0.508 e. The number of nitrogens with one attached hydrogen (secondary N) is 1. The van der Waals surface area contributed by atoms with E-state index >= 15 is 0 Å². The molecule has 0 saturated carbocycles. The van der Waals surface area contributed by atoms with Gasteiger partial charge in [-0.15, -0.1) is 0 Å². The average Bonchev–Trinajstić information content (AvgIpc) is 3.59. The van der Waals surface area contributed by atoms with Gasteiger partial charge in [0.25, 0.3) is 0 Å². The highest BCUT2D eigenvalue weighted by molar-refractivity contribution is 5.96. The van der Waals surface area contributed by atoms with Crippen LogP contribution in [-0.4, -0.2) is 45.9 Å². The number of hydrogen-bond acceptors (Lipinski definition) is 5. The minimum absolute atomic E-state index is 0.231. The molecule has 6 heteroatoms. The molecule has 0 bridgehead atoms. The van der Waals surface area contributed by atoms with Gasteiger partial charge in [0, 0.05) is 29.3 Å². The summed E-state index contributed by atoms with van der Waals surface area (Å²) in [5.74, 6) is 2.69. The molecule has 6 nitrogen and oxygen atoms in total. The zero-order valence-electron chi connectivity index (χ0n) is 23.6. The number of aromatic nitrogens is 2. The number of likely N-dealkylation sites (tertiary alicyclic amines) is 1. The third-order valence-corrected chi connectivity index (χ3v) is 8.32. The number of hydrogen-bond donors (Lipinski definition) is 2. The molecule has 1 unspecified atom stereocenters. The third-order valence-electron chi connectivity index (χ3n) is 8.32. The summed E-state index contributed by atoms with van der Waals surface area (Å²) < 4.78 is 12.9. The molecule has 3 heterocycles. The van der Waals surface area contributed by atoms with Gasteiger partial charge in [0.2, 0.25) is 0 Å². The van der Waals surface area contributed by atoms with Gasteiger partial charge in [-0.2, -0.15) is 5.10 Å². The molecule has 3 atom stereocenters. The van der Waals surface area contributed by atoms with E-state index in [1.807, 2.05) is 43.5 Å². The number of aromatic amines is 1. The summed E-state index contributed by atoms with van der Waals surface area (Å²) in [6.45, 7) is 11.7. The Morgan fingerprint density at radius 3 is 2.60 bits per heavy atom. The molecule has 40 heavy (non-hydrogen) atoms. The summed E-state index contributed by atoms with van der Waals surface area (Å²) in [5, 5.41) is 17.6. The van der Waals surface area contributed by atoms with Gasteiger partial charge in [0.15, 0.2) is 0 Å². The number of rotatable bonds is 7. The molecule has 206 valence electrons. The van der Waals surface area contributed by atoms with Crippen molar-refractivity contribution in [3.8, 4) is 28.5 Å². The molecule has 1 fully saturated rings. The van der Waals surface area contributed by atoms with E-state index in [1.165, 1.54) is 6.42 Å². The predicted octanol–water partition coefficient (Wildman–Crippen LogP) is 7.26. The molecule has 0 amide bonds. The van der Waals surface area contributed by atoms with Crippen LogP contribution in [0, 0.1) is 12.8 Å². The van der Waals surface area contributed by atoms with Crippen molar-refractivity contribution in [2.75, 3.05) is 19.7 Å². The van der Waals surface area contributed by atoms with Crippen molar-refractivity contribution < 1.29 is 14.6 Å². The van der Waals surface area contributed by atoms with Crippen LogP contribution in [0.1, 0.15) is 55.5 Å². The highest BCUT2D eigenvalue weighted by atomic mass is 16.5. The lowest BCUT2D eigenvalue weighted by Crippen LogP contribution is -2.35. The summed E-state index contributed by atoms with van der Waals surface area (Å²) >= 11 is 0. The van der Waals surface area contributed by atoms with Gasteiger partial charge in [-0.3, -0.25) is 10.00 Å². The Bertz CT molecular complexity index is 1540. The van der Waals surface area contributed by atoms with Crippen molar-refractivity contribution in [2.45, 2.75) is 46.3 Å². The summed E-state index contributed by atoms with van der Waals surface area (Å²) in [7, 11) is 0. The second kappa shape index (κ2) is 10.9. The van der Waals surface area contributed by atoms with Crippen molar-refractivity contribution >= 4 is 11.1 Å². The second-order valence-electron chi connectivity index (χ2n) is 11.3. The number of H-pyrrole nitrogens is 1. The van der Waals surface area contributed by atoms with Crippen LogP contribution in [0.25, 0.3) is 22.4 Å². The number of fused-ring (bicyclic) bond motifs is 1. The van der Waals surface area contributed by atoms with E-state index in [9.17, 15) is 5.11 Å². The Morgan fingerprint density at radius 1 is 1.07 bits per heavy atom. The molecule has 2 aliphatic heterocycles. The van der Waals surface area contributed by atoms with Gasteiger partial charge in [0.1, 0.15) is 30.0 Å².